The molecule has 6 nitrogen and oxygen atoms in total. The number of pyridine rings is 1. The summed E-state index contributed by atoms with van der Waals surface area (Å²) in [4.78, 5) is 21.3. The summed E-state index contributed by atoms with van der Waals surface area (Å²) in [5, 5.41) is 13.1. The van der Waals surface area contributed by atoms with E-state index >= 15 is 0 Å². The topological polar surface area (TPSA) is 72.3 Å². The van der Waals surface area contributed by atoms with Crippen molar-refractivity contribution in [1.29, 1.82) is 5.26 Å². The fourth-order valence-electron chi connectivity index (χ4n) is 4.87. The number of halogens is 3. The van der Waals surface area contributed by atoms with E-state index in [1.54, 1.807) is 4.90 Å². The van der Waals surface area contributed by atoms with Crippen LogP contribution in [-0.2, 0) is 11.0 Å². The van der Waals surface area contributed by atoms with Crippen molar-refractivity contribution < 1.29 is 18.0 Å². The van der Waals surface area contributed by atoms with Gasteiger partial charge in [0.25, 0.3) is 5.91 Å². The first-order chi connectivity index (χ1) is 16.7. The van der Waals surface area contributed by atoms with Crippen molar-refractivity contribution in [3.63, 3.8) is 0 Å². The predicted molar refractivity (Wildman–Crippen MR) is 131 cm³/mol. The maximum Gasteiger partial charge on any atom is 0.419 e. The molecule has 1 aliphatic carbocycles. The molecule has 1 aromatic heterocycles. The molecule has 1 aromatic carbocycles. The van der Waals surface area contributed by atoms with E-state index in [4.69, 9.17) is 17.5 Å². The Balaban J connectivity index is 1.46. The summed E-state index contributed by atoms with van der Waals surface area (Å²) in [6.45, 7) is 2.02. The van der Waals surface area contributed by atoms with Crippen molar-refractivity contribution in [2.45, 2.75) is 54.0 Å². The maximum absolute atomic E-state index is 13.6. The van der Waals surface area contributed by atoms with Crippen molar-refractivity contribution >= 4 is 46.4 Å². The third kappa shape index (κ3) is 4.17. The highest BCUT2D eigenvalue weighted by molar-refractivity contribution is 8.00. The lowest BCUT2D eigenvalue weighted by Gasteiger charge is -2.43. The fourth-order valence-corrected chi connectivity index (χ4v) is 6.49. The molecule has 0 bridgehead atoms. The Kier molecular flexibility index (Phi) is 6.23. The Morgan fingerprint density at radius 2 is 1.86 bits per heavy atom. The monoisotopic (exact) mass is 517 g/mol. The molecule has 2 saturated heterocycles. The highest BCUT2D eigenvalue weighted by atomic mass is 32.2. The Morgan fingerprint density at radius 1 is 1.17 bits per heavy atom. The molecule has 182 valence electrons. The molecule has 1 amide bonds. The minimum atomic E-state index is -4.78. The van der Waals surface area contributed by atoms with Gasteiger partial charge in [-0.3, -0.25) is 9.69 Å². The molecule has 2 aliphatic heterocycles. The van der Waals surface area contributed by atoms with Crippen molar-refractivity contribution in [3.8, 4) is 6.07 Å². The van der Waals surface area contributed by atoms with Crippen LogP contribution in [0.1, 0.15) is 43.4 Å². The molecule has 0 atom stereocenters. The summed E-state index contributed by atoms with van der Waals surface area (Å²) in [6.07, 6.45) is 0.470. The van der Waals surface area contributed by atoms with Gasteiger partial charge in [-0.15, -0.1) is 11.8 Å². The summed E-state index contributed by atoms with van der Waals surface area (Å²) in [7, 11) is 0. The van der Waals surface area contributed by atoms with Gasteiger partial charge in [0.1, 0.15) is 11.6 Å². The molecule has 2 aromatic rings. The number of piperidine rings is 1. The van der Waals surface area contributed by atoms with Gasteiger partial charge in [-0.05, 0) is 87.7 Å². The summed E-state index contributed by atoms with van der Waals surface area (Å²) in [6, 6.07) is 10.1. The molecule has 11 heteroatoms. The molecule has 35 heavy (non-hydrogen) atoms. The van der Waals surface area contributed by atoms with Crippen molar-refractivity contribution in [2.75, 3.05) is 22.9 Å². The van der Waals surface area contributed by atoms with Crippen molar-refractivity contribution in [1.82, 2.24) is 10.3 Å². The van der Waals surface area contributed by atoms with Crippen LogP contribution in [0.5, 0.6) is 0 Å². The number of carbonyl (C=O) groups is 1. The van der Waals surface area contributed by atoms with Crippen LogP contribution in [0.2, 0.25) is 0 Å². The number of hydrogen-bond acceptors (Lipinski definition) is 6. The van der Waals surface area contributed by atoms with E-state index in [1.165, 1.54) is 6.07 Å². The number of nitrogens with one attached hydrogen (secondary N) is 1. The van der Waals surface area contributed by atoms with Crippen LogP contribution >= 0.6 is 24.0 Å². The first-order valence-corrected chi connectivity index (χ1v) is 12.7. The Bertz CT molecular complexity index is 1200. The standard InChI is InChI=1S/C24H22F3N5OS2/c25-24(26,27)19-12-16(14-30-20(19)13-28)31-21(33)23(8-1-9-23)32(22(31)34)15-2-4-17(5-3-15)35-18-6-10-29-11-7-18/h2-5,12,14,18,29H,1,6-11H2. The Morgan fingerprint density at radius 3 is 2.43 bits per heavy atom. The van der Waals surface area contributed by atoms with Crippen LogP contribution in [-0.4, -0.2) is 39.9 Å². The lowest BCUT2D eigenvalue weighted by atomic mass is 9.75. The molecule has 3 heterocycles. The highest BCUT2D eigenvalue weighted by Gasteiger charge is 2.59. The molecule has 3 fully saturated rings. The quantitative estimate of drug-likeness (QED) is 0.580. The van der Waals surface area contributed by atoms with Crippen LogP contribution in [0, 0.1) is 11.3 Å². The number of hydrogen-bond donors (Lipinski definition) is 1. The van der Waals surface area contributed by atoms with Crippen molar-refractivity contribution in [3.05, 3.63) is 47.8 Å². The zero-order valence-electron chi connectivity index (χ0n) is 18.6. The lowest BCUT2D eigenvalue weighted by Crippen LogP contribution is -2.55. The number of nitriles is 1. The Hall–Kier alpha value is -2.68. The molecule has 5 rings (SSSR count). The van der Waals surface area contributed by atoms with Crippen LogP contribution in [0.4, 0.5) is 24.5 Å². The van der Waals surface area contributed by atoms with Gasteiger partial charge in [-0.25, -0.2) is 4.98 Å². The SMILES string of the molecule is N#Cc1ncc(N2C(=O)C3(CCC3)N(c3ccc(SC4CCNCC4)cc3)C2=S)cc1C(F)(F)F. The normalized spacial score (nSPS) is 20.3. The second-order valence-corrected chi connectivity index (χ2v) is 10.6. The molecular formula is C24H22F3N5OS2. The number of anilines is 2. The molecule has 0 radical (unpaired) electrons. The third-order valence-corrected chi connectivity index (χ3v) is 8.53. The number of rotatable bonds is 4. The van der Waals surface area contributed by atoms with E-state index in [1.807, 2.05) is 36.0 Å². The van der Waals surface area contributed by atoms with Gasteiger partial charge in [0.2, 0.25) is 0 Å². The molecule has 1 N–H and O–H groups in total. The number of aromatic nitrogens is 1. The van der Waals surface area contributed by atoms with Crippen LogP contribution < -0.4 is 15.1 Å². The van der Waals surface area contributed by atoms with E-state index in [9.17, 15) is 18.0 Å². The number of carbonyl (C=O) groups excluding carboxylic acids is 1. The highest BCUT2D eigenvalue weighted by Crippen LogP contribution is 2.48. The van der Waals surface area contributed by atoms with E-state index in [0.717, 1.165) is 60.1 Å². The molecular weight excluding hydrogens is 495 g/mol. The van der Waals surface area contributed by atoms with Crippen molar-refractivity contribution in [2.24, 2.45) is 0 Å². The zero-order valence-corrected chi connectivity index (χ0v) is 20.3. The van der Waals surface area contributed by atoms with E-state index in [0.29, 0.717) is 18.1 Å². The second kappa shape index (κ2) is 9.08. The van der Waals surface area contributed by atoms with Crippen LogP contribution in [0.3, 0.4) is 0 Å². The number of alkyl halides is 3. The number of thioether (sulfide) groups is 1. The number of nitrogens with zero attached hydrogens (tertiary/aromatic N) is 4. The van der Waals surface area contributed by atoms with Gasteiger partial charge in [0, 0.05) is 15.8 Å². The fraction of sp³-hybridized carbons (Fsp3) is 0.417. The van der Waals surface area contributed by atoms with Gasteiger partial charge in [-0.2, -0.15) is 18.4 Å². The average Bonchev–Trinajstić information content (AvgIpc) is 3.06. The smallest absolute Gasteiger partial charge is 0.317 e. The number of amides is 1. The van der Waals surface area contributed by atoms with Gasteiger partial charge in [0.15, 0.2) is 10.8 Å². The maximum atomic E-state index is 13.6. The largest absolute Gasteiger partial charge is 0.419 e. The molecule has 1 saturated carbocycles. The van der Waals surface area contributed by atoms with Gasteiger partial charge >= 0.3 is 6.18 Å². The minimum Gasteiger partial charge on any atom is -0.317 e. The summed E-state index contributed by atoms with van der Waals surface area (Å²) < 4.78 is 40.6. The lowest BCUT2D eigenvalue weighted by molar-refractivity contribution is -0.138. The van der Waals surface area contributed by atoms with E-state index in [2.05, 4.69) is 10.3 Å². The van der Waals surface area contributed by atoms with Crippen LogP contribution in [0.25, 0.3) is 0 Å². The van der Waals surface area contributed by atoms with Gasteiger partial charge < -0.3 is 10.2 Å². The zero-order chi connectivity index (χ0) is 24.8. The molecule has 0 unspecified atom stereocenters. The molecule has 3 aliphatic rings. The van der Waals surface area contributed by atoms with Crippen LogP contribution in [0.15, 0.2) is 41.4 Å². The average molecular weight is 518 g/mol. The molecule has 1 spiro atoms. The summed E-state index contributed by atoms with van der Waals surface area (Å²) in [5.74, 6) is -0.360. The Labute approximate surface area is 210 Å². The second-order valence-electron chi connectivity index (χ2n) is 8.90. The number of thiocarbonyl (C=S) groups is 1. The third-order valence-electron chi connectivity index (χ3n) is 6.82. The number of benzene rings is 1. The van der Waals surface area contributed by atoms with E-state index < -0.39 is 23.0 Å². The summed E-state index contributed by atoms with van der Waals surface area (Å²) >= 11 is 7.49. The van der Waals surface area contributed by atoms with Gasteiger partial charge in [0.05, 0.1) is 17.4 Å². The summed E-state index contributed by atoms with van der Waals surface area (Å²) in [5.41, 5.74) is -2.19. The first-order valence-electron chi connectivity index (χ1n) is 11.4. The minimum absolute atomic E-state index is 0.0850. The van der Waals surface area contributed by atoms with Gasteiger partial charge in [-0.1, -0.05) is 0 Å². The predicted octanol–water partition coefficient (Wildman–Crippen LogP) is 4.88. The first kappa shape index (κ1) is 24.0. The van der Waals surface area contributed by atoms with E-state index in [-0.39, 0.29) is 16.7 Å².